The number of nitrogens with one attached hydrogen (secondary N) is 1. The molecule has 1 rings (SSSR count). The van der Waals surface area contributed by atoms with E-state index < -0.39 is 5.97 Å². The van der Waals surface area contributed by atoms with E-state index in [-0.39, 0.29) is 18.4 Å². The van der Waals surface area contributed by atoms with Gasteiger partial charge in [0.15, 0.2) is 0 Å². The van der Waals surface area contributed by atoms with Crippen LogP contribution in [-0.4, -0.2) is 47.6 Å². The molecule has 1 fully saturated rings. The van der Waals surface area contributed by atoms with Crippen LogP contribution in [0.3, 0.4) is 0 Å². The standard InChI is InChI=1S/C11H20N2O3/c1-3-13-7-8(2)6-12-11(16)9(13)4-5-10(14)15/h8-9H,3-7H2,1-2H3,(H,12,16)(H,14,15). The van der Waals surface area contributed by atoms with Crippen molar-refractivity contribution in [2.24, 2.45) is 5.92 Å². The minimum absolute atomic E-state index is 0.0348. The first-order valence-electron chi connectivity index (χ1n) is 5.78. The van der Waals surface area contributed by atoms with Crippen molar-refractivity contribution in [2.75, 3.05) is 19.6 Å². The highest BCUT2D eigenvalue weighted by Crippen LogP contribution is 2.13. The van der Waals surface area contributed by atoms with Gasteiger partial charge in [-0.05, 0) is 18.9 Å². The van der Waals surface area contributed by atoms with Gasteiger partial charge in [0.1, 0.15) is 0 Å². The molecule has 1 aliphatic rings. The topological polar surface area (TPSA) is 69.6 Å². The Balaban J connectivity index is 2.66. The highest BCUT2D eigenvalue weighted by Gasteiger charge is 2.29. The van der Waals surface area contributed by atoms with Gasteiger partial charge < -0.3 is 10.4 Å². The van der Waals surface area contributed by atoms with Crippen molar-refractivity contribution in [1.29, 1.82) is 0 Å². The molecule has 0 bridgehead atoms. The van der Waals surface area contributed by atoms with Gasteiger partial charge >= 0.3 is 5.97 Å². The van der Waals surface area contributed by atoms with Crippen LogP contribution in [0.15, 0.2) is 0 Å². The molecule has 0 radical (unpaired) electrons. The molecule has 0 aliphatic carbocycles. The lowest BCUT2D eigenvalue weighted by Gasteiger charge is -2.27. The third-order valence-electron chi connectivity index (χ3n) is 2.95. The summed E-state index contributed by atoms with van der Waals surface area (Å²) in [6.07, 6.45) is 0.435. The zero-order chi connectivity index (χ0) is 12.1. The molecule has 5 nitrogen and oxygen atoms in total. The Kier molecular flexibility index (Phi) is 4.73. The summed E-state index contributed by atoms with van der Waals surface area (Å²) >= 11 is 0. The first-order chi connectivity index (χ1) is 7.54. The quantitative estimate of drug-likeness (QED) is 0.726. The minimum Gasteiger partial charge on any atom is -0.481 e. The fourth-order valence-corrected chi connectivity index (χ4v) is 2.07. The number of hydrogen-bond donors (Lipinski definition) is 2. The van der Waals surface area contributed by atoms with Crippen LogP contribution >= 0.6 is 0 Å². The van der Waals surface area contributed by atoms with E-state index in [1.807, 2.05) is 6.92 Å². The van der Waals surface area contributed by atoms with Crippen molar-refractivity contribution in [2.45, 2.75) is 32.7 Å². The number of carbonyl (C=O) groups is 2. The molecule has 2 unspecified atom stereocenters. The van der Waals surface area contributed by atoms with Crippen molar-refractivity contribution in [3.63, 3.8) is 0 Å². The molecule has 1 heterocycles. The molecule has 2 atom stereocenters. The van der Waals surface area contributed by atoms with Crippen molar-refractivity contribution in [3.05, 3.63) is 0 Å². The molecule has 1 amide bonds. The van der Waals surface area contributed by atoms with Gasteiger partial charge in [-0.1, -0.05) is 13.8 Å². The number of aliphatic carboxylic acids is 1. The van der Waals surface area contributed by atoms with E-state index in [1.165, 1.54) is 0 Å². The van der Waals surface area contributed by atoms with Gasteiger partial charge in [-0.15, -0.1) is 0 Å². The summed E-state index contributed by atoms with van der Waals surface area (Å²) in [5, 5.41) is 11.5. The molecule has 5 heteroatoms. The Morgan fingerprint density at radius 1 is 1.62 bits per heavy atom. The normalized spacial score (nSPS) is 27.2. The average Bonchev–Trinajstić information content (AvgIpc) is 2.36. The van der Waals surface area contributed by atoms with Gasteiger partial charge in [-0.2, -0.15) is 0 Å². The maximum atomic E-state index is 11.8. The lowest BCUT2D eigenvalue weighted by Crippen LogP contribution is -2.44. The summed E-state index contributed by atoms with van der Waals surface area (Å²) in [5.41, 5.74) is 0. The number of amides is 1. The number of hydrogen-bond acceptors (Lipinski definition) is 3. The Hall–Kier alpha value is -1.10. The predicted molar refractivity (Wildman–Crippen MR) is 60.1 cm³/mol. The van der Waals surface area contributed by atoms with E-state index in [9.17, 15) is 9.59 Å². The third kappa shape index (κ3) is 3.48. The molecular formula is C11H20N2O3. The molecule has 0 aromatic rings. The monoisotopic (exact) mass is 228 g/mol. The molecule has 0 aromatic heterocycles. The summed E-state index contributed by atoms with van der Waals surface area (Å²) in [6, 6.07) is -0.286. The largest absolute Gasteiger partial charge is 0.481 e. The maximum absolute atomic E-state index is 11.8. The highest BCUT2D eigenvalue weighted by molar-refractivity contribution is 5.82. The van der Waals surface area contributed by atoms with Crippen LogP contribution in [0.5, 0.6) is 0 Å². The van der Waals surface area contributed by atoms with Crippen molar-refractivity contribution in [3.8, 4) is 0 Å². The van der Waals surface area contributed by atoms with Gasteiger partial charge in [0, 0.05) is 19.5 Å². The fraction of sp³-hybridized carbons (Fsp3) is 0.818. The van der Waals surface area contributed by atoms with Gasteiger partial charge in [0.25, 0.3) is 0 Å². The number of rotatable bonds is 4. The van der Waals surface area contributed by atoms with Gasteiger partial charge in [0.05, 0.1) is 6.04 Å². The first kappa shape index (κ1) is 13.0. The molecule has 1 aliphatic heterocycles. The Morgan fingerprint density at radius 3 is 2.88 bits per heavy atom. The molecule has 1 saturated heterocycles. The summed E-state index contributed by atoms with van der Waals surface area (Å²) < 4.78 is 0. The summed E-state index contributed by atoms with van der Waals surface area (Å²) in [5.74, 6) is -0.465. The van der Waals surface area contributed by atoms with E-state index in [0.29, 0.717) is 18.9 Å². The van der Waals surface area contributed by atoms with Crippen molar-refractivity contribution < 1.29 is 14.7 Å². The van der Waals surface area contributed by atoms with Gasteiger partial charge in [-0.25, -0.2) is 0 Å². The molecule has 0 spiro atoms. The van der Waals surface area contributed by atoms with E-state index in [4.69, 9.17) is 5.11 Å². The van der Waals surface area contributed by atoms with Crippen LogP contribution < -0.4 is 5.32 Å². The number of nitrogens with zero attached hydrogens (tertiary/aromatic N) is 1. The van der Waals surface area contributed by atoms with Crippen LogP contribution in [0.2, 0.25) is 0 Å². The third-order valence-corrected chi connectivity index (χ3v) is 2.95. The zero-order valence-corrected chi connectivity index (χ0v) is 9.90. The highest BCUT2D eigenvalue weighted by atomic mass is 16.4. The Labute approximate surface area is 95.8 Å². The predicted octanol–water partition coefficient (Wildman–Crippen LogP) is 0.308. The molecule has 92 valence electrons. The second kappa shape index (κ2) is 5.84. The van der Waals surface area contributed by atoms with E-state index >= 15 is 0 Å². The van der Waals surface area contributed by atoms with E-state index in [2.05, 4.69) is 17.1 Å². The fourth-order valence-electron chi connectivity index (χ4n) is 2.07. The van der Waals surface area contributed by atoms with Crippen molar-refractivity contribution >= 4 is 11.9 Å². The zero-order valence-electron chi connectivity index (χ0n) is 9.90. The SMILES string of the molecule is CCN1CC(C)CNC(=O)C1CCC(=O)O. The van der Waals surface area contributed by atoms with E-state index in [1.54, 1.807) is 0 Å². The molecule has 16 heavy (non-hydrogen) atoms. The van der Waals surface area contributed by atoms with Crippen molar-refractivity contribution in [1.82, 2.24) is 10.2 Å². The van der Waals surface area contributed by atoms with Crippen LogP contribution in [0.4, 0.5) is 0 Å². The minimum atomic E-state index is -0.846. The lowest BCUT2D eigenvalue weighted by atomic mass is 10.1. The Bertz CT molecular complexity index is 268. The second-order valence-electron chi connectivity index (χ2n) is 4.39. The van der Waals surface area contributed by atoms with Gasteiger partial charge in [-0.3, -0.25) is 14.5 Å². The maximum Gasteiger partial charge on any atom is 0.303 e. The molecular weight excluding hydrogens is 208 g/mol. The van der Waals surface area contributed by atoms with Crippen LogP contribution in [-0.2, 0) is 9.59 Å². The summed E-state index contributed by atoms with van der Waals surface area (Å²) in [6.45, 7) is 6.39. The smallest absolute Gasteiger partial charge is 0.303 e. The summed E-state index contributed by atoms with van der Waals surface area (Å²) in [4.78, 5) is 24.4. The number of likely N-dealkylation sites (N-methyl/N-ethyl adjacent to an activating group) is 1. The molecule has 2 N–H and O–H groups in total. The number of carbonyl (C=O) groups excluding carboxylic acids is 1. The number of carboxylic acids is 1. The lowest BCUT2D eigenvalue weighted by molar-refractivity contribution is -0.137. The van der Waals surface area contributed by atoms with Crippen LogP contribution in [0.25, 0.3) is 0 Å². The number of carboxylic acid groups (broad SMARTS) is 1. The van der Waals surface area contributed by atoms with E-state index in [0.717, 1.165) is 13.1 Å². The van der Waals surface area contributed by atoms with Crippen LogP contribution in [0.1, 0.15) is 26.7 Å². The first-order valence-corrected chi connectivity index (χ1v) is 5.78. The average molecular weight is 228 g/mol. The molecule has 0 saturated carbocycles. The van der Waals surface area contributed by atoms with Crippen LogP contribution in [0, 0.1) is 5.92 Å². The Morgan fingerprint density at radius 2 is 2.31 bits per heavy atom. The second-order valence-corrected chi connectivity index (χ2v) is 4.39. The molecule has 0 aromatic carbocycles. The van der Waals surface area contributed by atoms with Gasteiger partial charge in [0.2, 0.25) is 5.91 Å². The summed E-state index contributed by atoms with van der Waals surface area (Å²) in [7, 11) is 0.